The van der Waals surface area contributed by atoms with Crippen LogP contribution in [-0.2, 0) is 16.2 Å². The fraction of sp³-hybridized carbons (Fsp3) is 0.348. The molecule has 1 aromatic carbocycles. The molecule has 0 aliphatic carbocycles. The van der Waals surface area contributed by atoms with Gasteiger partial charge < -0.3 is 14.4 Å². The Labute approximate surface area is 189 Å². The summed E-state index contributed by atoms with van der Waals surface area (Å²) in [4.78, 5) is 19.1. The van der Waals surface area contributed by atoms with Crippen LogP contribution in [0.5, 0.6) is 0 Å². The number of rotatable bonds is 6. The van der Waals surface area contributed by atoms with Crippen molar-refractivity contribution in [3.8, 4) is 5.82 Å². The molecule has 1 fully saturated rings. The maximum absolute atomic E-state index is 12.2. The summed E-state index contributed by atoms with van der Waals surface area (Å²) in [6.07, 6.45) is 3.83. The molecule has 0 amide bonds. The molecule has 32 heavy (non-hydrogen) atoms. The van der Waals surface area contributed by atoms with Crippen LogP contribution >= 0.6 is 11.3 Å². The van der Waals surface area contributed by atoms with Crippen LogP contribution in [0.1, 0.15) is 24.1 Å². The van der Waals surface area contributed by atoms with Crippen molar-refractivity contribution in [1.29, 1.82) is 0 Å². The smallest absolute Gasteiger partial charge is 0.310 e. The van der Waals surface area contributed by atoms with Gasteiger partial charge in [0.15, 0.2) is 5.82 Å². The normalized spacial score (nSPS) is 15.4. The third kappa shape index (κ3) is 3.94. The molecule has 4 aromatic rings. The zero-order valence-electron chi connectivity index (χ0n) is 18.1. The van der Waals surface area contributed by atoms with Crippen molar-refractivity contribution >= 4 is 27.2 Å². The van der Waals surface area contributed by atoms with Crippen LogP contribution in [0.4, 0.5) is 5.69 Å². The van der Waals surface area contributed by atoms with E-state index in [-0.39, 0.29) is 17.5 Å². The molecule has 9 heteroatoms. The molecule has 3 aromatic heterocycles. The first-order valence-electron chi connectivity index (χ1n) is 10.6. The minimum Gasteiger partial charge on any atom is -0.378 e. The van der Waals surface area contributed by atoms with E-state index in [2.05, 4.69) is 35.0 Å². The van der Waals surface area contributed by atoms with Crippen LogP contribution in [0.3, 0.4) is 0 Å². The molecule has 1 atom stereocenters. The zero-order chi connectivity index (χ0) is 22.1. The van der Waals surface area contributed by atoms with E-state index in [9.17, 15) is 4.79 Å². The molecular weight excluding hydrogens is 426 g/mol. The third-order valence-electron chi connectivity index (χ3n) is 5.85. The van der Waals surface area contributed by atoms with Crippen molar-refractivity contribution in [2.45, 2.75) is 19.6 Å². The van der Waals surface area contributed by atoms with E-state index in [1.807, 2.05) is 30.6 Å². The number of ether oxygens (including phenoxy) is 2. The predicted octanol–water partition coefficient (Wildman–Crippen LogP) is 3.24. The second kappa shape index (κ2) is 8.85. The molecule has 166 valence electrons. The number of benzene rings is 1. The topological polar surface area (TPSA) is 74.4 Å². The Hall–Kier alpha value is -3.01. The van der Waals surface area contributed by atoms with Crippen LogP contribution in [0.15, 0.2) is 53.6 Å². The third-order valence-corrected chi connectivity index (χ3v) is 6.79. The average Bonchev–Trinajstić information content (AvgIpc) is 3.44. The van der Waals surface area contributed by atoms with Gasteiger partial charge in [0.2, 0.25) is 0 Å². The van der Waals surface area contributed by atoms with Crippen LogP contribution < -0.4 is 9.77 Å². The van der Waals surface area contributed by atoms with E-state index >= 15 is 0 Å². The van der Waals surface area contributed by atoms with E-state index in [1.54, 1.807) is 16.4 Å². The predicted molar refractivity (Wildman–Crippen MR) is 125 cm³/mol. The first-order chi connectivity index (χ1) is 15.6. The van der Waals surface area contributed by atoms with Crippen LogP contribution in [0, 0.1) is 0 Å². The van der Waals surface area contributed by atoms with Crippen molar-refractivity contribution in [2.75, 3.05) is 38.3 Å². The maximum Gasteiger partial charge on any atom is 0.310 e. The van der Waals surface area contributed by atoms with Gasteiger partial charge in [-0.15, -0.1) is 0 Å². The lowest BCUT2D eigenvalue weighted by Crippen LogP contribution is -2.36. The van der Waals surface area contributed by atoms with Gasteiger partial charge in [-0.2, -0.15) is 5.10 Å². The standard InChI is InChI=1S/C23H25N5O3S/c1-16(17-3-5-20-21(13-17)32-23(29)27(20)15-30-2)19-7-8-28(25-19)22-6-4-18(14-24-22)26-9-11-31-12-10-26/h3-8,13-14,16H,9-12,15H2,1-2H3. The van der Waals surface area contributed by atoms with Crippen molar-refractivity contribution < 1.29 is 9.47 Å². The van der Waals surface area contributed by atoms with Gasteiger partial charge in [0.25, 0.3) is 0 Å². The lowest BCUT2D eigenvalue weighted by molar-refractivity contribution is 0.122. The van der Waals surface area contributed by atoms with Crippen molar-refractivity contribution in [2.24, 2.45) is 0 Å². The van der Waals surface area contributed by atoms with Crippen LogP contribution in [0.2, 0.25) is 0 Å². The monoisotopic (exact) mass is 451 g/mol. The highest BCUT2D eigenvalue weighted by Gasteiger charge is 2.16. The van der Waals surface area contributed by atoms with Crippen molar-refractivity contribution in [1.82, 2.24) is 19.3 Å². The second-order valence-electron chi connectivity index (χ2n) is 7.82. The molecule has 5 rings (SSSR count). The van der Waals surface area contributed by atoms with E-state index in [0.717, 1.165) is 59.3 Å². The summed E-state index contributed by atoms with van der Waals surface area (Å²) < 4.78 is 15.0. The van der Waals surface area contributed by atoms with Gasteiger partial charge in [0.05, 0.1) is 41.0 Å². The summed E-state index contributed by atoms with van der Waals surface area (Å²) in [5.41, 5.74) is 4.06. The fourth-order valence-corrected chi connectivity index (χ4v) is 4.92. The number of fused-ring (bicyclic) bond motifs is 1. The Morgan fingerprint density at radius 3 is 2.78 bits per heavy atom. The number of hydrogen-bond donors (Lipinski definition) is 0. The summed E-state index contributed by atoms with van der Waals surface area (Å²) in [5, 5.41) is 4.77. The number of methoxy groups -OCH3 is 1. The van der Waals surface area contributed by atoms with E-state index < -0.39 is 0 Å². The Morgan fingerprint density at radius 1 is 1.19 bits per heavy atom. The average molecular weight is 452 g/mol. The highest BCUT2D eigenvalue weighted by Crippen LogP contribution is 2.28. The highest BCUT2D eigenvalue weighted by atomic mass is 32.1. The molecule has 0 N–H and O–H groups in total. The Balaban J connectivity index is 1.36. The fourth-order valence-electron chi connectivity index (χ4n) is 3.99. The summed E-state index contributed by atoms with van der Waals surface area (Å²) >= 11 is 1.24. The maximum atomic E-state index is 12.2. The first kappa shape index (κ1) is 20.9. The van der Waals surface area contributed by atoms with Gasteiger partial charge in [-0.1, -0.05) is 24.3 Å². The van der Waals surface area contributed by atoms with Crippen molar-refractivity contribution in [3.05, 3.63) is 69.7 Å². The molecule has 1 aliphatic heterocycles. The van der Waals surface area contributed by atoms with Gasteiger partial charge in [-0.05, 0) is 35.9 Å². The molecule has 1 saturated heterocycles. The SMILES string of the molecule is COCn1c(=O)sc2cc(C(C)c3ccn(-c4ccc(N5CCOCC5)cn4)n3)ccc21. The Kier molecular flexibility index (Phi) is 5.77. The number of pyridine rings is 1. The van der Waals surface area contributed by atoms with Gasteiger partial charge >= 0.3 is 4.87 Å². The molecule has 1 unspecified atom stereocenters. The van der Waals surface area contributed by atoms with Crippen LogP contribution in [0.25, 0.3) is 16.0 Å². The number of thiazole rings is 1. The molecule has 1 aliphatic rings. The number of anilines is 1. The molecule has 8 nitrogen and oxygen atoms in total. The van der Waals surface area contributed by atoms with E-state index in [4.69, 9.17) is 14.6 Å². The second-order valence-corrected chi connectivity index (χ2v) is 8.82. The summed E-state index contributed by atoms with van der Waals surface area (Å²) in [6.45, 7) is 5.66. The van der Waals surface area contributed by atoms with E-state index in [1.165, 1.54) is 11.3 Å². The quantitative estimate of drug-likeness (QED) is 0.448. The largest absolute Gasteiger partial charge is 0.378 e. The summed E-state index contributed by atoms with van der Waals surface area (Å²) in [7, 11) is 1.59. The van der Waals surface area contributed by atoms with E-state index in [0.29, 0.717) is 0 Å². The van der Waals surface area contributed by atoms with Gasteiger partial charge in [0, 0.05) is 32.3 Å². The number of hydrogen-bond acceptors (Lipinski definition) is 7. The lowest BCUT2D eigenvalue weighted by atomic mass is 9.98. The van der Waals surface area contributed by atoms with Gasteiger partial charge in [0.1, 0.15) is 6.73 Å². The number of aromatic nitrogens is 4. The van der Waals surface area contributed by atoms with Crippen LogP contribution in [-0.4, -0.2) is 52.7 Å². The van der Waals surface area contributed by atoms with Gasteiger partial charge in [-0.25, -0.2) is 9.67 Å². The lowest BCUT2D eigenvalue weighted by Gasteiger charge is -2.28. The van der Waals surface area contributed by atoms with Crippen molar-refractivity contribution in [3.63, 3.8) is 0 Å². The number of nitrogens with zero attached hydrogens (tertiary/aromatic N) is 5. The number of morpholine rings is 1. The molecule has 0 spiro atoms. The van der Waals surface area contributed by atoms with Gasteiger partial charge in [-0.3, -0.25) is 9.36 Å². The zero-order valence-corrected chi connectivity index (χ0v) is 18.9. The summed E-state index contributed by atoms with van der Waals surface area (Å²) in [5.74, 6) is 0.868. The Morgan fingerprint density at radius 2 is 2.03 bits per heavy atom. The first-order valence-corrected chi connectivity index (χ1v) is 11.4. The molecule has 0 radical (unpaired) electrons. The molecular formula is C23H25N5O3S. The minimum atomic E-state index is -0.0115. The Bertz CT molecular complexity index is 1270. The highest BCUT2D eigenvalue weighted by molar-refractivity contribution is 7.16. The molecule has 0 saturated carbocycles. The molecule has 4 heterocycles. The summed E-state index contributed by atoms with van der Waals surface area (Å²) in [6, 6.07) is 12.2. The minimum absolute atomic E-state index is 0.0115. The molecule has 0 bridgehead atoms.